The zero-order valence-corrected chi connectivity index (χ0v) is 26.3. The molecule has 7 aromatic rings. The highest BCUT2D eigenvalue weighted by Gasteiger charge is 2.48. The lowest BCUT2D eigenvalue weighted by Crippen LogP contribution is -2.55. The molecule has 0 spiro atoms. The van der Waals surface area contributed by atoms with Gasteiger partial charge in [-0.25, -0.2) is 9.97 Å². The van der Waals surface area contributed by atoms with Crippen molar-refractivity contribution in [1.82, 2.24) is 9.97 Å². The van der Waals surface area contributed by atoms with Crippen molar-refractivity contribution in [3.05, 3.63) is 170 Å². The molecular formula is C40H28BN4OP. The van der Waals surface area contributed by atoms with Crippen LogP contribution in [0.25, 0.3) is 22.5 Å². The van der Waals surface area contributed by atoms with Gasteiger partial charge in [0.05, 0.1) is 22.8 Å². The summed E-state index contributed by atoms with van der Waals surface area (Å²) in [5.41, 5.74) is 9.01. The second-order valence-corrected chi connectivity index (χ2v) is 14.5. The zero-order chi connectivity index (χ0) is 31.4. The van der Waals surface area contributed by atoms with Crippen molar-refractivity contribution in [2.45, 2.75) is 0 Å². The van der Waals surface area contributed by atoms with E-state index in [9.17, 15) is 0 Å². The van der Waals surface area contributed by atoms with Crippen molar-refractivity contribution < 1.29 is 4.57 Å². The van der Waals surface area contributed by atoms with Crippen molar-refractivity contribution in [3.63, 3.8) is 0 Å². The second kappa shape index (κ2) is 11.0. The highest BCUT2D eigenvalue weighted by molar-refractivity contribution is 7.85. The normalized spacial score (nSPS) is 13.1. The summed E-state index contributed by atoms with van der Waals surface area (Å²) in [4.78, 5) is 15.1. The van der Waals surface area contributed by atoms with Crippen molar-refractivity contribution in [2.75, 3.05) is 9.62 Å². The predicted molar refractivity (Wildman–Crippen MR) is 195 cm³/mol. The Labute approximate surface area is 274 Å². The van der Waals surface area contributed by atoms with Gasteiger partial charge in [-0.05, 0) is 53.5 Å². The van der Waals surface area contributed by atoms with Gasteiger partial charge in [-0.3, -0.25) is 0 Å². The van der Waals surface area contributed by atoms with Gasteiger partial charge in [0, 0.05) is 21.9 Å². The van der Waals surface area contributed by atoms with E-state index in [4.69, 9.17) is 9.97 Å². The minimum Gasteiger partial charge on any atom is -0.359 e. The van der Waals surface area contributed by atoms with E-state index in [1.54, 1.807) is 0 Å². The molecule has 0 unspecified atom stereocenters. The molecular weight excluding hydrogens is 594 g/mol. The SMILES string of the molecule is O=P(c1ccccc1)(c1ccccc1)c1cccc(-c2cccc(N3B4c5ccccc5-c5ccccc5N4c4ccccc43)n2)n1. The fourth-order valence-corrected chi connectivity index (χ4v) is 9.60. The number of hydrogen-bond acceptors (Lipinski definition) is 5. The maximum absolute atomic E-state index is 15.1. The third-order valence-electron chi connectivity index (χ3n) is 9.12. The fraction of sp³-hybridized carbons (Fsp3) is 0. The number of para-hydroxylation sites is 3. The Hall–Kier alpha value is -5.71. The maximum Gasteiger partial charge on any atom is 0.422 e. The number of benzene rings is 5. The Morgan fingerprint density at radius 3 is 1.68 bits per heavy atom. The van der Waals surface area contributed by atoms with Crippen LogP contribution in [0.1, 0.15) is 0 Å². The fourth-order valence-electron chi connectivity index (χ4n) is 7.05. The molecule has 0 N–H and O–H groups in total. The highest BCUT2D eigenvalue weighted by Crippen LogP contribution is 2.50. The molecule has 2 aliphatic heterocycles. The highest BCUT2D eigenvalue weighted by atomic mass is 31.2. The van der Waals surface area contributed by atoms with Gasteiger partial charge >= 0.3 is 6.98 Å². The number of aromatic nitrogens is 2. The van der Waals surface area contributed by atoms with Gasteiger partial charge in [0.25, 0.3) is 0 Å². The lowest BCUT2D eigenvalue weighted by molar-refractivity contribution is 0.592. The minimum atomic E-state index is -3.24. The van der Waals surface area contributed by atoms with Crippen LogP contribution in [0, 0.1) is 0 Å². The van der Waals surface area contributed by atoms with E-state index in [1.165, 1.54) is 22.3 Å². The molecule has 9 rings (SSSR count). The molecule has 2 aliphatic rings. The molecule has 0 atom stereocenters. The molecule has 7 heteroatoms. The van der Waals surface area contributed by atoms with Crippen molar-refractivity contribution in [3.8, 4) is 22.5 Å². The van der Waals surface area contributed by atoms with E-state index in [0.717, 1.165) is 33.5 Å². The van der Waals surface area contributed by atoms with Crippen LogP contribution in [0.4, 0.5) is 22.9 Å². The third-order valence-corrected chi connectivity index (χ3v) is 12.1. The maximum atomic E-state index is 15.1. The monoisotopic (exact) mass is 622 g/mol. The number of nitrogens with zero attached hydrogens (tertiary/aromatic N) is 4. The summed E-state index contributed by atoms with van der Waals surface area (Å²) < 4.78 is 15.1. The molecule has 5 aromatic carbocycles. The van der Waals surface area contributed by atoms with Crippen LogP contribution >= 0.6 is 7.14 Å². The molecule has 0 fully saturated rings. The van der Waals surface area contributed by atoms with Gasteiger partial charge in [-0.1, -0.05) is 127 Å². The number of pyridine rings is 2. The van der Waals surface area contributed by atoms with Crippen LogP contribution in [-0.2, 0) is 4.57 Å². The summed E-state index contributed by atoms with van der Waals surface area (Å²) in [6.07, 6.45) is 0. The lowest BCUT2D eigenvalue weighted by atomic mass is 9.59. The van der Waals surface area contributed by atoms with Gasteiger partial charge in [-0.2, -0.15) is 0 Å². The molecule has 0 amide bonds. The van der Waals surface area contributed by atoms with Gasteiger partial charge in [0.1, 0.15) is 11.3 Å². The molecule has 0 aliphatic carbocycles. The van der Waals surface area contributed by atoms with E-state index in [-0.39, 0.29) is 6.98 Å². The standard InChI is InChI=1S/C40H28BN4OP/c46-47(29-15-3-1-4-16-29,30-17-5-2-6-18-30)40-28-14-23-35(43-40)34-22-13-27-39(42-34)45-38-26-12-11-25-37(38)44-36-24-10-8-20-32(36)31-19-7-9-21-33(31)41(44)45/h1-28H. The Balaban J connectivity index is 1.19. The molecule has 0 radical (unpaired) electrons. The first-order chi connectivity index (χ1) is 23.2. The summed E-state index contributed by atoms with van der Waals surface area (Å²) in [5.74, 6) is 0.818. The van der Waals surface area contributed by atoms with E-state index >= 15 is 4.57 Å². The molecule has 0 saturated heterocycles. The molecule has 222 valence electrons. The molecule has 4 heterocycles. The summed E-state index contributed by atoms with van der Waals surface area (Å²) >= 11 is 0. The van der Waals surface area contributed by atoms with E-state index in [2.05, 4.69) is 88.5 Å². The van der Waals surface area contributed by atoms with Crippen LogP contribution in [0.5, 0.6) is 0 Å². The smallest absolute Gasteiger partial charge is 0.359 e. The lowest BCUT2D eigenvalue weighted by Gasteiger charge is -2.36. The topological polar surface area (TPSA) is 49.3 Å². The quantitative estimate of drug-likeness (QED) is 0.148. The third kappa shape index (κ3) is 4.30. The van der Waals surface area contributed by atoms with Crippen molar-refractivity contribution in [1.29, 1.82) is 0 Å². The van der Waals surface area contributed by atoms with E-state index in [1.807, 2.05) is 91.0 Å². The molecule has 47 heavy (non-hydrogen) atoms. The largest absolute Gasteiger partial charge is 0.422 e. The first kappa shape index (κ1) is 27.6. The number of rotatable bonds is 5. The number of anilines is 4. The second-order valence-electron chi connectivity index (χ2n) is 11.7. The van der Waals surface area contributed by atoms with Crippen LogP contribution in [0.15, 0.2) is 170 Å². The zero-order valence-electron chi connectivity index (χ0n) is 25.4. The first-order valence-corrected chi connectivity index (χ1v) is 17.4. The van der Waals surface area contributed by atoms with Crippen molar-refractivity contribution in [2.24, 2.45) is 0 Å². The predicted octanol–water partition coefficient (Wildman–Crippen LogP) is 7.45. The number of fused-ring (bicyclic) bond motifs is 8. The van der Waals surface area contributed by atoms with Gasteiger partial charge in [0.2, 0.25) is 0 Å². The molecule has 5 nitrogen and oxygen atoms in total. The van der Waals surface area contributed by atoms with Crippen LogP contribution in [-0.4, -0.2) is 17.0 Å². The number of hydrogen-bond donors (Lipinski definition) is 0. The van der Waals surface area contributed by atoms with Gasteiger partial charge in [0.15, 0.2) is 7.14 Å². The Morgan fingerprint density at radius 2 is 0.979 bits per heavy atom. The average molecular weight is 622 g/mol. The van der Waals surface area contributed by atoms with Crippen molar-refractivity contribution >= 4 is 58.5 Å². The Bertz CT molecular complexity index is 2290. The summed E-state index contributed by atoms with van der Waals surface area (Å²) in [5, 5.41) is 1.50. The average Bonchev–Trinajstić information content (AvgIpc) is 3.51. The van der Waals surface area contributed by atoms with Crippen LogP contribution in [0.3, 0.4) is 0 Å². The molecule has 0 bridgehead atoms. The van der Waals surface area contributed by atoms with Gasteiger partial charge < -0.3 is 14.2 Å². The van der Waals surface area contributed by atoms with Crippen LogP contribution in [0.2, 0.25) is 0 Å². The minimum absolute atomic E-state index is 0.114. The first-order valence-electron chi connectivity index (χ1n) is 15.7. The van der Waals surface area contributed by atoms with Gasteiger partial charge in [-0.15, -0.1) is 0 Å². The Morgan fingerprint density at radius 1 is 0.447 bits per heavy atom. The van der Waals surface area contributed by atoms with Crippen LogP contribution < -0.4 is 31.1 Å². The molecule has 2 aromatic heterocycles. The Kier molecular flexibility index (Phi) is 6.44. The summed E-state index contributed by atoms with van der Waals surface area (Å²) in [6, 6.07) is 57.0. The molecule has 0 saturated carbocycles. The summed E-state index contributed by atoms with van der Waals surface area (Å²) in [7, 11) is -3.24. The van der Waals surface area contributed by atoms with E-state index in [0.29, 0.717) is 11.1 Å². The van der Waals surface area contributed by atoms with E-state index < -0.39 is 7.14 Å². The summed E-state index contributed by atoms with van der Waals surface area (Å²) in [6.45, 7) is -0.114.